The topological polar surface area (TPSA) is 39.2 Å². The molecule has 15 heavy (non-hydrogen) atoms. The van der Waals surface area contributed by atoms with Gasteiger partial charge in [-0.3, -0.25) is 0 Å². The lowest BCUT2D eigenvalue weighted by Gasteiger charge is -1.86. The lowest BCUT2D eigenvalue weighted by molar-refractivity contribution is 0.513. The highest BCUT2D eigenvalue weighted by Crippen LogP contribution is 2.25. The van der Waals surface area contributed by atoms with Crippen LogP contribution in [-0.4, -0.2) is 4.98 Å². The summed E-state index contributed by atoms with van der Waals surface area (Å²) in [5.74, 6) is 2.06. The number of fused-ring (bicyclic) bond motifs is 1. The third-order valence-corrected chi connectivity index (χ3v) is 2.25. The van der Waals surface area contributed by atoms with Gasteiger partial charge in [0.15, 0.2) is 11.3 Å². The van der Waals surface area contributed by atoms with Crippen LogP contribution in [0.5, 0.6) is 0 Å². The number of hydrogen-bond donors (Lipinski definition) is 0. The molecule has 0 N–H and O–H groups in total. The molecule has 0 bridgehead atoms. The van der Waals surface area contributed by atoms with Crippen molar-refractivity contribution in [3.05, 3.63) is 42.2 Å². The van der Waals surface area contributed by atoms with Crippen molar-refractivity contribution in [3.8, 4) is 11.7 Å². The Morgan fingerprint density at radius 2 is 1.87 bits per heavy atom. The van der Waals surface area contributed by atoms with Crippen LogP contribution in [0.1, 0.15) is 5.76 Å². The van der Waals surface area contributed by atoms with E-state index < -0.39 is 0 Å². The van der Waals surface area contributed by atoms with E-state index in [-0.39, 0.29) is 0 Å². The van der Waals surface area contributed by atoms with Crippen LogP contribution in [-0.2, 0) is 0 Å². The molecule has 1 aromatic carbocycles. The number of nitrogens with zero attached hydrogens (tertiary/aromatic N) is 1. The highest BCUT2D eigenvalue weighted by molar-refractivity contribution is 5.75. The van der Waals surface area contributed by atoms with Crippen LogP contribution < -0.4 is 0 Å². The van der Waals surface area contributed by atoms with E-state index in [1.165, 1.54) is 0 Å². The van der Waals surface area contributed by atoms with Gasteiger partial charge < -0.3 is 8.83 Å². The first-order chi connectivity index (χ1) is 7.33. The van der Waals surface area contributed by atoms with E-state index in [1.54, 1.807) is 0 Å². The van der Waals surface area contributed by atoms with Crippen LogP contribution in [0.4, 0.5) is 0 Å². The third-order valence-electron chi connectivity index (χ3n) is 2.25. The van der Waals surface area contributed by atoms with E-state index in [9.17, 15) is 0 Å². The minimum absolute atomic E-state index is 0.532. The summed E-state index contributed by atoms with van der Waals surface area (Å²) in [7, 11) is 0. The van der Waals surface area contributed by atoms with Crippen LogP contribution in [0.15, 0.2) is 45.2 Å². The Kier molecular flexibility index (Phi) is 1.65. The first-order valence-corrected chi connectivity index (χ1v) is 4.75. The second kappa shape index (κ2) is 2.98. The van der Waals surface area contributed by atoms with Gasteiger partial charge in [0.1, 0.15) is 11.3 Å². The molecule has 0 saturated carbocycles. The van der Waals surface area contributed by atoms with Crippen molar-refractivity contribution in [3.63, 3.8) is 0 Å². The van der Waals surface area contributed by atoms with E-state index in [0.717, 1.165) is 16.9 Å². The molecular weight excluding hydrogens is 190 g/mol. The summed E-state index contributed by atoms with van der Waals surface area (Å²) in [6, 6.07) is 11.4. The maximum atomic E-state index is 5.56. The zero-order chi connectivity index (χ0) is 10.3. The summed E-state index contributed by atoms with van der Waals surface area (Å²) in [5, 5.41) is 0. The zero-order valence-electron chi connectivity index (χ0n) is 8.23. The van der Waals surface area contributed by atoms with E-state index >= 15 is 0 Å². The van der Waals surface area contributed by atoms with Crippen molar-refractivity contribution < 1.29 is 8.83 Å². The lowest BCUT2D eigenvalue weighted by Crippen LogP contribution is -1.70. The van der Waals surface area contributed by atoms with Crippen LogP contribution in [0.2, 0.25) is 0 Å². The Morgan fingerprint density at radius 1 is 1.00 bits per heavy atom. The molecule has 2 aromatic heterocycles. The highest BCUT2D eigenvalue weighted by Gasteiger charge is 2.10. The molecule has 0 radical (unpaired) electrons. The number of para-hydroxylation sites is 2. The molecule has 0 unspecified atom stereocenters. The monoisotopic (exact) mass is 199 g/mol. The molecular formula is C12H9NO2. The predicted octanol–water partition coefficient (Wildman–Crippen LogP) is 3.40. The van der Waals surface area contributed by atoms with Crippen molar-refractivity contribution in [1.29, 1.82) is 0 Å². The standard InChI is InChI=1S/C12H9NO2/c1-8-6-7-11(14-8)12-13-9-4-2-3-5-10(9)15-12/h2-7H,1H3. The first kappa shape index (κ1) is 8.29. The van der Waals surface area contributed by atoms with Gasteiger partial charge in [0.05, 0.1) is 0 Å². The third kappa shape index (κ3) is 1.32. The minimum atomic E-state index is 0.532. The highest BCUT2D eigenvalue weighted by atomic mass is 16.4. The van der Waals surface area contributed by atoms with E-state index in [1.807, 2.05) is 43.3 Å². The maximum absolute atomic E-state index is 5.56. The second-order valence-corrected chi connectivity index (χ2v) is 3.40. The van der Waals surface area contributed by atoms with Gasteiger partial charge in [0, 0.05) is 0 Å². The average Bonchev–Trinajstić information content (AvgIpc) is 2.82. The second-order valence-electron chi connectivity index (χ2n) is 3.40. The minimum Gasteiger partial charge on any atom is -0.456 e. The van der Waals surface area contributed by atoms with Gasteiger partial charge >= 0.3 is 0 Å². The van der Waals surface area contributed by atoms with Crippen molar-refractivity contribution in [1.82, 2.24) is 4.98 Å². The molecule has 0 atom stereocenters. The van der Waals surface area contributed by atoms with Crippen molar-refractivity contribution in [2.24, 2.45) is 0 Å². The Bertz CT molecular complexity index is 574. The zero-order valence-corrected chi connectivity index (χ0v) is 8.23. The summed E-state index contributed by atoms with van der Waals surface area (Å²) in [6.45, 7) is 1.89. The summed E-state index contributed by atoms with van der Waals surface area (Å²) < 4.78 is 11.0. The van der Waals surface area contributed by atoms with Crippen LogP contribution in [0.25, 0.3) is 22.8 Å². The number of hydrogen-bond acceptors (Lipinski definition) is 3. The molecule has 0 spiro atoms. The SMILES string of the molecule is Cc1ccc(-c2nc3ccccc3o2)o1. The summed E-state index contributed by atoms with van der Waals surface area (Å²) in [5.41, 5.74) is 1.63. The Balaban J connectivity index is 2.19. The summed E-state index contributed by atoms with van der Waals surface area (Å²) in [4.78, 5) is 4.34. The van der Waals surface area contributed by atoms with E-state index in [2.05, 4.69) is 4.98 Å². The fourth-order valence-corrected chi connectivity index (χ4v) is 1.53. The smallest absolute Gasteiger partial charge is 0.263 e. The molecule has 0 aliphatic heterocycles. The Labute approximate surface area is 86.3 Å². The predicted molar refractivity (Wildman–Crippen MR) is 56.4 cm³/mol. The van der Waals surface area contributed by atoms with Crippen molar-refractivity contribution >= 4 is 11.1 Å². The normalized spacial score (nSPS) is 11.0. The number of aryl methyl sites for hydroxylation is 1. The molecule has 3 heteroatoms. The molecule has 0 fully saturated rings. The molecule has 3 nitrogen and oxygen atoms in total. The van der Waals surface area contributed by atoms with Gasteiger partial charge in [-0.2, -0.15) is 0 Å². The largest absolute Gasteiger partial charge is 0.456 e. The Morgan fingerprint density at radius 3 is 2.60 bits per heavy atom. The number of oxazole rings is 1. The van der Waals surface area contributed by atoms with Gasteiger partial charge in [-0.15, -0.1) is 0 Å². The van der Waals surface area contributed by atoms with Crippen molar-refractivity contribution in [2.45, 2.75) is 6.92 Å². The molecule has 74 valence electrons. The molecule has 3 rings (SSSR count). The summed E-state index contributed by atoms with van der Waals surface area (Å²) in [6.07, 6.45) is 0. The number of aromatic nitrogens is 1. The van der Waals surface area contributed by atoms with Gasteiger partial charge in [-0.1, -0.05) is 12.1 Å². The summed E-state index contributed by atoms with van der Waals surface area (Å²) >= 11 is 0. The van der Waals surface area contributed by atoms with E-state index in [4.69, 9.17) is 8.83 Å². The molecule has 3 aromatic rings. The van der Waals surface area contributed by atoms with Gasteiger partial charge in [-0.25, -0.2) is 4.98 Å². The van der Waals surface area contributed by atoms with Crippen LogP contribution in [0, 0.1) is 6.92 Å². The molecule has 0 aliphatic rings. The fraction of sp³-hybridized carbons (Fsp3) is 0.0833. The van der Waals surface area contributed by atoms with Gasteiger partial charge in [0.25, 0.3) is 5.89 Å². The van der Waals surface area contributed by atoms with Crippen molar-refractivity contribution in [2.75, 3.05) is 0 Å². The number of benzene rings is 1. The van der Waals surface area contributed by atoms with E-state index in [0.29, 0.717) is 11.7 Å². The molecule has 0 amide bonds. The fourth-order valence-electron chi connectivity index (χ4n) is 1.53. The quantitative estimate of drug-likeness (QED) is 0.603. The molecule has 0 aliphatic carbocycles. The Hall–Kier alpha value is -2.03. The average molecular weight is 199 g/mol. The number of rotatable bonds is 1. The van der Waals surface area contributed by atoms with Crippen LogP contribution >= 0.6 is 0 Å². The maximum Gasteiger partial charge on any atom is 0.263 e. The molecule has 2 heterocycles. The first-order valence-electron chi connectivity index (χ1n) is 4.75. The lowest BCUT2D eigenvalue weighted by atomic mass is 10.3. The van der Waals surface area contributed by atoms with Gasteiger partial charge in [-0.05, 0) is 31.2 Å². The van der Waals surface area contributed by atoms with Crippen LogP contribution in [0.3, 0.4) is 0 Å². The molecule has 0 saturated heterocycles. The number of furan rings is 1. The van der Waals surface area contributed by atoms with Gasteiger partial charge in [0.2, 0.25) is 0 Å².